The van der Waals surface area contributed by atoms with Crippen molar-refractivity contribution in [2.75, 3.05) is 38.1 Å². The highest BCUT2D eigenvalue weighted by molar-refractivity contribution is 5.93. The molecule has 0 aliphatic carbocycles. The summed E-state index contributed by atoms with van der Waals surface area (Å²) in [6.07, 6.45) is 0. The molecule has 246 valence electrons. The van der Waals surface area contributed by atoms with E-state index >= 15 is 0 Å². The number of hydrogen-bond donors (Lipinski definition) is 0. The van der Waals surface area contributed by atoms with Crippen LogP contribution in [0, 0.1) is 27.7 Å². The third-order valence-corrected chi connectivity index (χ3v) is 13.9. The van der Waals surface area contributed by atoms with Crippen molar-refractivity contribution in [3.8, 4) is 22.8 Å². The lowest BCUT2D eigenvalue weighted by Crippen LogP contribution is -2.49. The minimum atomic E-state index is -0.207. The highest BCUT2D eigenvalue weighted by Gasteiger charge is 2.51. The number of fused-ring (bicyclic) bond motifs is 10. The van der Waals surface area contributed by atoms with Crippen LogP contribution in [-0.2, 0) is 21.9 Å². The number of hydrogen-bond acceptors (Lipinski definition) is 4. The fourth-order valence-electron chi connectivity index (χ4n) is 9.20. The predicted molar refractivity (Wildman–Crippen MR) is 197 cm³/mol. The molecule has 3 aromatic carbocycles. The summed E-state index contributed by atoms with van der Waals surface area (Å²) in [5.41, 5.74) is 16.1. The van der Waals surface area contributed by atoms with E-state index in [1.807, 2.05) is 0 Å². The van der Waals surface area contributed by atoms with Crippen molar-refractivity contribution < 1.29 is 0 Å². The summed E-state index contributed by atoms with van der Waals surface area (Å²) in [6, 6.07) is 11.8. The van der Waals surface area contributed by atoms with Gasteiger partial charge in [0.2, 0.25) is 0 Å². The molecule has 5 heterocycles. The SMILES string of the molecule is Cc1c(C)c(C)c2c(c1C)-c1nc3cc4c(cc3n1C(C)(C)C2(C)C)C(C)(C)C(C)(C)n1c-4nc2cc(N3CCN(C)CC3)ccc21. The Bertz CT molecular complexity index is 2160. The van der Waals surface area contributed by atoms with Gasteiger partial charge in [0.05, 0.1) is 33.1 Å². The highest BCUT2D eigenvalue weighted by atomic mass is 15.3. The number of rotatable bonds is 1. The van der Waals surface area contributed by atoms with Crippen LogP contribution in [0.4, 0.5) is 5.69 Å². The van der Waals surface area contributed by atoms with Gasteiger partial charge in [-0.25, -0.2) is 9.97 Å². The lowest BCUT2D eigenvalue weighted by molar-refractivity contribution is 0.198. The maximum Gasteiger partial charge on any atom is 0.142 e. The summed E-state index contributed by atoms with van der Waals surface area (Å²) < 4.78 is 5.09. The molecule has 0 spiro atoms. The van der Waals surface area contributed by atoms with E-state index in [2.05, 4.69) is 139 Å². The molecule has 0 saturated carbocycles. The average Bonchev–Trinajstić information content (AvgIpc) is 3.59. The molecule has 0 atom stereocenters. The van der Waals surface area contributed by atoms with E-state index in [1.54, 1.807) is 0 Å². The molecule has 5 aromatic rings. The monoisotopic (exact) mass is 628 g/mol. The van der Waals surface area contributed by atoms with Crippen LogP contribution in [0.3, 0.4) is 0 Å². The Hall–Kier alpha value is -3.64. The minimum absolute atomic E-state index is 0.101. The van der Waals surface area contributed by atoms with Crippen LogP contribution in [0.2, 0.25) is 0 Å². The summed E-state index contributed by atoms with van der Waals surface area (Å²) in [5.74, 6) is 2.16. The fraction of sp³-hybridized carbons (Fsp3) is 0.512. The first-order valence-corrected chi connectivity index (χ1v) is 17.6. The van der Waals surface area contributed by atoms with Crippen LogP contribution >= 0.6 is 0 Å². The van der Waals surface area contributed by atoms with Crippen LogP contribution in [0.5, 0.6) is 0 Å². The molecule has 0 bridgehead atoms. The quantitative estimate of drug-likeness (QED) is 0.186. The smallest absolute Gasteiger partial charge is 0.142 e. The van der Waals surface area contributed by atoms with Gasteiger partial charge in [-0.2, -0.15) is 0 Å². The van der Waals surface area contributed by atoms with Crippen LogP contribution in [0.1, 0.15) is 88.8 Å². The van der Waals surface area contributed by atoms with Gasteiger partial charge in [-0.05, 0) is 126 Å². The lowest BCUT2D eigenvalue weighted by atomic mass is 9.63. The lowest BCUT2D eigenvalue weighted by Gasteiger charge is -2.50. The van der Waals surface area contributed by atoms with Crippen LogP contribution in [-0.4, -0.2) is 57.2 Å². The third-order valence-electron chi connectivity index (χ3n) is 13.9. The van der Waals surface area contributed by atoms with E-state index in [0.29, 0.717) is 0 Å². The van der Waals surface area contributed by atoms with E-state index < -0.39 is 0 Å². The molecule has 0 amide bonds. The van der Waals surface area contributed by atoms with E-state index in [4.69, 9.17) is 9.97 Å². The first kappa shape index (κ1) is 30.7. The van der Waals surface area contributed by atoms with E-state index in [1.165, 1.54) is 61.2 Å². The van der Waals surface area contributed by atoms with E-state index in [9.17, 15) is 0 Å². The van der Waals surface area contributed by atoms with Crippen molar-refractivity contribution in [3.05, 3.63) is 63.7 Å². The minimum Gasteiger partial charge on any atom is -0.369 e. The third kappa shape index (κ3) is 3.66. The van der Waals surface area contributed by atoms with Gasteiger partial charge < -0.3 is 18.9 Å². The summed E-state index contributed by atoms with van der Waals surface area (Å²) in [6.45, 7) is 32.8. The van der Waals surface area contributed by atoms with Gasteiger partial charge in [-0.1, -0.05) is 27.7 Å². The molecule has 0 unspecified atom stereocenters. The van der Waals surface area contributed by atoms with Crippen molar-refractivity contribution in [2.24, 2.45) is 0 Å². The fourth-order valence-corrected chi connectivity index (χ4v) is 9.20. The second-order valence-electron chi connectivity index (χ2n) is 17.0. The van der Waals surface area contributed by atoms with Gasteiger partial charge in [-0.15, -0.1) is 0 Å². The molecule has 0 radical (unpaired) electrons. The first-order valence-electron chi connectivity index (χ1n) is 17.6. The van der Waals surface area contributed by atoms with Gasteiger partial charge >= 0.3 is 0 Å². The Morgan fingerprint density at radius 1 is 0.596 bits per heavy atom. The Balaban J connectivity index is 1.40. The predicted octanol–water partition coefficient (Wildman–Crippen LogP) is 8.76. The first-order chi connectivity index (χ1) is 21.9. The van der Waals surface area contributed by atoms with Gasteiger partial charge in [0, 0.05) is 53.8 Å². The van der Waals surface area contributed by atoms with Crippen molar-refractivity contribution in [1.29, 1.82) is 0 Å². The van der Waals surface area contributed by atoms with Crippen molar-refractivity contribution >= 4 is 27.8 Å². The molecule has 6 heteroatoms. The largest absolute Gasteiger partial charge is 0.369 e. The number of aromatic nitrogens is 4. The number of piperazine rings is 1. The average molecular weight is 629 g/mol. The molecule has 0 N–H and O–H groups in total. The maximum absolute atomic E-state index is 5.54. The van der Waals surface area contributed by atoms with Crippen molar-refractivity contribution in [1.82, 2.24) is 24.0 Å². The van der Waals surface area contributed by atoms with Gasteiger partial charge in [0.1, 0.15) is 11.6 Å². The molecular formula is C41H52N6. The Morgan fingerprint density at radius 3 is 1.85 bits per heavy atom. The van der Waals surface area contributed by atoms with Gasteiger partial charge in [0.25, 0.3) is 0 Å². The molecule has 8 rings (SSSR count). The number of nitrogens with zero attached hydrogens (tertiary/aromatic N) is 6. The number of anilines is 1. The number of imidazole rings is 2. The van der Waals surface area contributed by atoms with Crippen LogP contribution in [0.15, 0.2) is 30.3 Å². The molecule has 3 aliphatic rings. The zero-order chi connectivity index (χ0) is 33.7. The normalized spacial score (nSPS) is 20.7. The Kier molecular flexibility index (Phi) is 6.06. The maximum atomic E-state index is 5.54. The molecule has 6 nitrogen and oxygen atoms in total. The molecule has 2 aromatic heterocycles. The molecular weight excluding hydrogens is 576 g/mol. The second kappa shape index (κ2) is 9.28. The van der Waals surface area contributed by atoms with Gasteiger partial charge in [-0.3, -0.25) is 0 Å². The molecule has 1 saturated heterocycles. The summed E-state index contributed by atoms with van der Waals surface area (Å²) in [4.78, 5) is 15.9. The van der Waals surface area contributed by atoms with Crippen molar-refractivity contribution in [3.63, 3.8) is 0 Å². The standard InChI is InChI=1S/C41H52N6/c1-23-24(2)26(4)35-34(25(23)3)37-43-31-21-28-29(22-33(31)47(37)41(11,12)39(35,7)8)38(5,6)40(9,10)46-32-15-14-27(20-30(32)42-36(28)46)45-18-16-44(13)17-19-45/h14-15,20-22H,16-19H2,1-13H3. The zero-order valence-corrected chi connectivity index (χ0v) is 30.9. The summed E-state index contributed by atoms with van der Waals surface area (Å²) in [5, 5.41) is 0. The highest BCUT2D eigenvalue weighted by Crippen LogP contribution is 2.56. The molecule has 47 heavy (non-hydrogen) atoms. The topological polar surface area (TPSA) is 42.1 Å². The van der Waals surface area contributed by atoms with Gasteiger partial charge in [0.15, 0.2) is 0 Å². The summed E-state index contributed by atoms with van der Waals surface area (Å²) >= 11 is 0. The Morgan fingerprint density at radius 2 is 1.17 bits per heavy atom. The van der Waals surface area contributed by atoms with E-state index in [-0.39, 0.29) is 21.9 Å². The second-order valence-corrected chi connectivity index (χ2v) is 17.0. The number of likely N-dealkylation sites (N-methyl/N-ethyl adjacent to an activating group) is 1. The Labute approximate surface area is 280 Å². The van der Waals surface area contributed by atoms with Crippen LogP contribution in [0.25, 0.3) is 44.8 Å². The van der Waals surface area contributed by atoms with E-state index in [0.717, 1.165) is 48.9 Å². The van der Waals surface area contributed by atoms with Crippen molar-refractivity contribution in [2.45, 2.75) is 105 Å². The van der Waals surface area contributed by atoms with Crippen LogP contribution < -0.4 is 4.90 Å². The molecule has 3 aliphatic heterocycles. The molecule has 1 fully saturated rings. The summed E-state index contributed by atoms with van der Waals surface area (Å²) in [7, 11) is 2.21. The zero-order valence-electron chi connectivity index (χ0n) is 30.9. The number of benzene rings is 3.